The summed E-state index contributed by atoms with van der Waals surface area (Å²) in [5.74, 6) is -0.631. The third-order valence-corrected chi connectivity index (χ3v) is 3.66. The normalized spacial score (nSPS) is 12.3. The van der Waals surface area contributed by atoms with E-state index >= 15 is 0 Å². The van der Waals surface area contributed by atoms with Crippen molar-refractivity contribution in [3.63, 3.8) is 0 Å². The lowest BCUT2D eigenvalue weighted by Crippen LogP contribution is -2.19. The van der Waals surface area contributed by atoms with Crippen LogP contribution < -0.4 is 5.32 Å². The molecule has 0 radical (unpaired) electrons. The van der Waals surface area contributed by atoms with Gasteiger partial charge in [-0.1, -0.05) is 24.3 Å². The van der Waals surface area contributed by atoms with Gasteiger partial charge in [-0.3, -0.25) is 0 Å². The van der Waals surface area contributed by atoms with Crippen LogP contribution in [-0.2, 0) is 6.54 Å². The van der Waals surface area contributed by atoms with Crippen molar-refractivity contribution >= 4 is 0 Å². The molecule has 0 aliphatic rings. The third kappa shape index (κ3) is 3.43. The van der Waals surface area contributed by atoms with Gasteiger partial charge in [-0.2, -0.15) is 5.10 Å². The second kappa shape index (κ2) is 6.66. The first-order chi connectivity index (χ1) is 11.1. The van der Waals surface area contributed by atoms with Crippen molar-refractivity contribution in [1.82, 2.24) is 20.1 Å². The monoisotopic (exact) mass is 314 g/mol. The molecule has 1 aromatic heterocycles. The van der Waals surface area contributed by atoms with Gasteiger partial charge >= 0.3 is 0 Å². The highest BCUT2D eigenvalue weighted by Crippen LogP contribution is 2.18. The Morgan fingerprint density at radius 2 is 1.96 bits per heavy atom. The van der Waals surface area contributed by atoms with Crippen LogP contribution in [0.15, 0.2) is 55.1 Å². The molecule has 6 heteroatoms. The molecule has 3 aromatic rings. The predicted octanol–water partition coefficient (Wildman–Crippen LogP) is 3.40. The van der Waals surface area contributed by atoms with Crippen molar-refractivity contribution < 1.29 is 8.78 Å². The number of rotatable bonds is 5. The summed E-state index contributed by atoms with van der Waals surface area (Å²) in [5, 5.41) is 7.10. The zero-order chi connectivity index (χ0) is 16.2. The summed E-state index contributed by atoms with van der Waals surface area (Å²) in [7, 11) is 0. The lowest BCUT2D eigenvalue weighted by molar-refractivity contribution is 0.526. The zero-order valence-corrected chi connectivity index (χ0v) is 12.6. The molecule has 0 spiro atoms. The van der Waals surface area contributed by atoms with E-state index in [-0.39, 0.29) is 17.7 Å². The highest BCUT2D eigenvalue weighted by molar-refractivity contribution is 5.35. The number of nitrogens with one attached hydrogen (secondary N) is 1. The minimum Gasteiger partial charge on any atom is -0.306 e. The van der Waals surface area contributed by atoms with Gasteiger partial charge in [0.1, 0.15) is 30.0 Å². The van der Waals surface area contributed by atoms with E-state index in [1.165, 1.54) is 29.5 Å². The van der Waals surface area contributed by atoms with Gasteiger partial charge in [-0.05, 0) is 30.7 Å². The average molecular weight is 314 g/mol. The number of hydrogen-bond donors (Lipinski definition) is 1. The summed E-state index contributed by atoms with van der Waals surface area (Å²) in [6.07, 6.45) is 2.79. The molecule has 0 aliphatic heterocycles. The van der Waals surface area contributed by atoms with Gasteiger partial charge in [0.25, 0.3) is 0 Å². The van der Waals surface area contributed by atoms with Crippen LogP contribution in [0.3, 0.4) is 0 Å². The molecule has 118 valence electrons. The van der Waals surface area contributed by atoms with Gasteiger partial charge < -0.3 is 5.32 Å². The van der Waals surface area contributed by atoms with Crippen molar-refractivity contribution in [3.8, 4) is 5.69 Å². The molecule has 1 heterocycles. The SMILES string of the molecule is C[C@@H](NCc1ccc(-n2cncn2)c(F)c1)c1ccccc1F. The maximum absolute atomic E-state index is 14.1. The molecule has 1 N–H and O–H groups in total. The number of benzene rings is 2. The summed E-state index contributed by atoms with van der Waals surface area (Å²) in [4.78, 5) is 3.80. The summed E-state index contributed by atoms with van der Waals surface area (Å²) in [6, 6.07) is 11.3. The molecular formula is C17H16F2N4. The van der Waals surface area contributed by atoms with E-state index in [1.54, 1.807) is 30.3 Å². The smallest absolute Gasteiger partial charge is 0.149 e. The zero-order valence-electron chi connectivity index (χ0n) is 12.6. The number of hydrogen-bond acceptors (Lipinski definition) is 3. The van der Waals surface area contributed by atoms with Crippen LogP contribution in [0.25, 0.3) is 5.69 Å². The molecule has 3 rings (SSSR count). The molecule has 0 aliphatic carbocycles. The van der Waals surface area contributed by atoms with Gasteiger partial charge in [0.05, 0.1) is 0 Å². The third-order valence-electron chi connectivity index (χ3n) is 3.66. The molecule has 2 aromatic carbocycles. The van der Waals surface area contributed by atoms with Crippen molar-refractivity contribution in [1.29, 1.82) is 0 Å². The van der Waals surface area contributed by atoms with Crippen LogP contribution in [0.5, 0.6) is 0 Å². The Hall–Kier alpha value is -2.60. The van der Waals surface area contributed by atoms with Crippen LogP contribution in [0.4, 0.5) is 8.78 Å². The quantitative estimate of drug-likeness (QED) is 0.785. The highest BCUT2D eigenvalue weighted by atomic mass is 19.1. The second-order valence-corrected chi connectivity index (χ2v) is 5.25. The summed E-state index contributed by atoms with van der Waals surface area (Å²) >= 11 is 0. The van der Waals surface area contributed by atoms with Gasteiger partial charge in [0.15, 0.2) is 0 Å². The average Bonchev–Trinajstić information content (AvgIpc) is 3.07. The van der Waals surface area contributed by atoms with Gasteiger partial charge in [-0.15, -0.1) is 0 Å². The summed E-state index contributed by atoms with van der Waals surface area (Å²) < 4.78 is 29.2. The first kappa shape index (κ1) is 15.3. The van der Waals surface area contributed by atoms with Crippen LogP contribution in [0, 0.1) is 11.6 Å². The van der Waals surface area contributed by atoms with E-state index in [9.17, 15) is 8.78 Å². The van der Waals surface area contributed by atoms with E-state index in [4.69, 9.17) is 0 Å². The molecule has 0 unspecified atom stereocenters. The predicted molar refractivity (Wildman–Crippen MR) is 83.0 cm³/mol. The largest absolute Gasteiger partial charge is 0.306 e. The minimum absolute atomic E-state index is 0.172. The van der Waals surface area contributed by atoms with Gasteiger partial charge in [-0.25, -0.2) is 18.4 Å². The molecule has 4 nitrogen and oxygen atoms in total. The van der Waals surface area contributed by atoms with Crippen LogP contribution in [-0.4, -0.2) is 14.8 Å². The van der Waals surface area contributed by atoms with Crippen LogP contribution >= 0.6 is 0 Å². The van der Waals surface area contributed by atoms with E-state index in [2.05, 4.69) is 15.4 Å². The molecular weight excluding hydrogens is 298 g/mol. The van der Waals surface area contributed by atoms with Crippen molar-refractivity contribution in [2.75, 3.05) is 0 Å². The number of aromatic nitrogens is 3. The molecule has 23 heavy (non-hydrogen) atoms. The maximum Gasteiger partial charge on any atom is 0.149 e. The first-order valence-corrected chi connectivity index (χ1v) is 7.26. The van der Waals surface area contributed by atoms with Crippen molar-refractivity contribution in [2.24, 2.45) is 0 Å². The van der Waals surface area contributed by atoms with Gasteiger partial charge in [0.2, 0.25) is 0 Å². The fourth-order valence-electron chi connectivity index (χ4n) is 2.39. The molecule has 0 bridgehead atoms. The van der Waals surface area contributed by atoms with E-state index in [1.807, 2.05) is 6.92 Å². The van der Waals surface area contributed by atoms with E-state index < -0.39 is 0 Å². The van der Waals surface area contributed by atoms with E-state index in [0.717, 1.165) is 5.56 Å². The first-order valence-electron chi connectivity index (χ1n) is 7.26. The standard InChI is InChI=1S/C17H16F2N4/c1-12(14-4-2-3-5-15(14)18)21-9-13-6-7-17(16(19)8-13)23-11-20-10-22-23/h2-8,10-12,21H,9H2,1H3/t12-/m1/s1. The summed E-state index contributed by atoms with van der Waals surface area (Å²) in [6.45, 7) is 2.31. The van der Waals surface area contributed by atoms with Crippen LogP contribution in [0.1, 0.15) is 24.1 Å². The topological polar surface area (TPSA) is 42.7 Å². The van der Waals surface area contributed by atoms with Gasteiger partial charge in [0, 0.05) is 18.2 Å². The molecule has 0 amide bonds. The number of halogens is 2. The summed E-state index contributed by atoms with van der Waals surface area (Å²) in [5.41, 5.74) is 1.70. The Bertz CT molecular complexity index is 787. The maximum atomic E-state index is 14.1. The lowest BCUT2D eigenvalue weighted by Gasteiger charge is -2.15. The van der Waals surface area contributed by atoms with Crippen LogP contribution in [0.2, 0.25) is 0 Å². The Morgan fingerprint density at radius 1 is 1.13 bits per heavy atom. The molecule has 0 saturated heterocycles. The Morgan fingerprint density at radius 3 is 2.65 bits per heavy atom. The fraction of sp³-hybridized carbons (Fsp3) is 0.176. The Kier molecular flexibility index (Phi) is 4.43. The fourth-order valence-corrected chi connectivity index (χ4v) is 2.39. The molecule has 1 atom stereocenters. The number of nitrogens with zero attached hydrogens (tertiary/aromatic N) is 3. The Balaban J connectivity index is 1.69. The van der Waals surface area contributed by atoms with E-state index in [0.29, 0.717) is 17.8 Å². The molecule has 0 saturated carbocycles. The Labute approximate surface area is 132 Å². The lowest BCUT2D eigenvalue weighted by atomic mass is 10.1. The highest BCUT2D eigenvalue weighted by Gasteiger charge is 2.11. The minimum atomic E-state index is -0.381. The van der Waals surface area contributed by atoms with Crippen molar-refractivity contribution in [2.45, 2.75) is 19.5 Å². The molecule has 0 fully saturated rings. The second-order valence-electron chi connectivity index (χ2n) is 5.25. The van der Waals surface area contributed by atoms with Crippen molar-refractivity contribution in [3.05, 3.63) is 77.9 Å².